The third-order valence-electron chi connectivity index (χ3n) is 2.11. The number of rotatable bonds is 6. The van der Waals surface area contributed by atoms with Crippen molar-refractivity contribution in [1.29, 1.82) is 0 Å². The highest BCUT2D eigenvalue weighted by Crippen LogP contribution is 2.23. The molecule has 0 aliphatic rings. The summed E-state index contributed by atoms with van der Waals surface area (Å²) in [5.74, 6) is 1.73. The van der Waals surface area contributed by atoms with E-state index in [0.29, 0.717) is 4.57 Å². The van der Waals surface area contributed by atoms with E-state index in [-0.39, 0.29) is 0 Å². The molecule has 0 saturated carbocycles. The Bertz CT molecular complexity index is 102. The highest BCUT2D eigenvalue weighted by atomic mass is 79.9. The largest absolute Gasteiger partial charge is 0.123 e. The van der Waals surface area contributed by atoms with Gasteiger partial charge in [0.05, 0.1) is 0 Å². The van der Waals surface area contributed by atoms with Crippen LogP contribution in [0, 0.1) is 11.8 Å². The minimum atomic E-state index is 0.603. The molecule has 0 aromatic heterocycles. The Hall–Kier alpha value is 0.910. The first-order chi connectivity index (χ1) is 5.52. The van der Waals surface area contributed by atoms with Crippen LogP contribution in [0.15, 0.2) is 0 Å². The van der Waals surface area contributed by atoms with E-state index >= 15 is 0 Å². The number of hydrogen-bond donors (Lipinski definition) is 0. The lowest BCUT2D eigenvalue weighted by Crippen LogP contribution is -2.00. The number of hydrogen-bond acceptors (Lipinski definition) is 0. The molecule has 0 rings (SSSR count). The van der Waals surface area contributed by atoms with Crippen molar-refractivity contribution >= 4 is 25.2 Å². The molecule has 0 amide bonds. The molecule has 0 aromatic carbocycles. The number of alkyl halides is 1. The molecule has 0 aliphatic carbocycles. The highest BCUT2D eigenvalue weighted by molar-refractivity contribution is 9.10. The van der Waals surface area contributed by atoms with E-state index in [1.54, 1.807) is 0 Å². The van der Waals surface area contributed by atoms with Crippen LogP contribution in [-0.4, -0.2) is 4.57 Å². The maximum atomic E-state index is 3.56. The van der Waals surface area contributed by atoms with Crippen molar-refractivity contribution < 1.29 is 0 Å². The molecule has 0 saturated heterocycles. The van der Waals surface area contributed by atoms with Crippen molar-refractivity contribution in [3.8, 4) is 0 Å². The summed E-state index contributed by atoms with van der Waals surface area (Å²) in [4.78, 5) is 0. The van der Waals surface area contributed by atoms with Gasteiger partial charge in [0.1, 0.15) is 0 Å². The molecular formula is C10H22BrP. The van der Waals surface area contributed by atoms with Gasteiger partial charge in [-0.2, -0.15) is 0 Å². The summed E-state index contributed by atoms with van der Waals surface area (Å²) in [7, 11) is 2.80. The molecule has 2 heteroatoms. The molecule has 0 spiro atoms. The predicted octanol–water partition coefficient (Wildman–Crippen LogP) is 4.44. The van der Waals surface area contributed by atoms with E-state index < -0.39 is 0 Å². The molecule has 0 heterocycles. The fourth-order valence-corrected chi connectivity index (χ4v) is 2.48. The van der Waals surface area contributed by atoms with Gasteiger partial charge in [-0.25, -0.2) is 0 Å². The minimum absolute atomic E-state index is 0.603. The van der Waals surface area contributed by atoms with Crippen molar-refractivity contribution in [1.82, 2.24) is 0 Å². The Morgan fingerprint density at radius 2 is 1.75 bits per heavy atom. The van der Waals surface area contributed by atoms with Crippen LogP contribution in [0.3, 0.4) is 0 Å². The fraction of sp³-hybridized carbons (Fsp3) is 1.00. The van der Waals surface area contributed by atoms with Gasteiger partial charge < -0.3 is 0 Å². The maximum absolute atomic E-state index is 3.56. The van der Waals surface area contributed by atoms with Crippen molar-refractivity contribution in [2.24, 2.45) is 11.8 Å². The molecule has 3 atom stereocenters. The molecule has 0 aromatic rings. The SMILES string of the molecule is CC(C)CCCC(C)CC(P)Br. The van der Waals surface area contributed by atoms with Gasteiger partial charge in [0.25, 0.3) is 0 Å². The molecule has 0 nitrogen and oxygen atoms in total. The predicted molar refractivity (Wildman–Crippen MR) is 64.9 cm³/mol. The van der Waals surface area contributed by atoms with E-state index in [1.165, 1.54) is 25.7 Å². The topological polar surface area (TPSA) is 0 Å². The maximum Gasteiger partial charge on any atom is 0.0291 e. The zero-order valence-corrected chi connectivity index (χ0v) is 11.3. The molecular weight excluding hydrogens is 231 g/mol. The summed E-state index contributed by atoms with van der Waals surface area (Å²) in [6, 6.07) is 0. The Morgan fingerprint density at radius 1 is 1.17 bits per heavy atom. The normalized spacial score (nSPS) is 16.5. The van der Waals surface area contributed by atoms with Crippen molar-refractivity contribution in [3.63, 3.8) is 0 Å². The van der Waals surface area contributed by atoms with Crippen molar-refractivity contribution in [2.45, 2.75) is 51.0 Å². The van der Waals surface area contributed by atoms with Gasteiger partial charge in [-0.05, 0) is 18.3 Å². The van der Waals surface area contributed by atoms with Crippen LogP contribution < -0.4 is 0 Å². The molecule has 0 bridgehead atoms. The Morgan fingerprint density at radius 3 is 2.17 bits per heavy atom. The van der Waals surface area contributed by atoms with Gasteiger partial charge in [0.15, 0.2) is 0 Å². The molecule has 0 N–H and O–H groups in total. The van der Waals surface area contributed by atoms with Crippen LogP contribution in [0.1, 0.15) is 46.5 Å². The van der Waals surface area contributed by atoms with Crippen LogP contribution in [0.5, 0.6) is 0 Å². The van der Waals surface area contributed by atoms with Gasteiger partial charge in [-0.3, -0.25) is 0 Å². The second kappa shape index (κ2) is 7.33. The van der Waals surface area contributed by atoms with Crippen LogP contribution in [0.25, 0.3) is 0 Å². The van der Waals surface area contributed by atoms with E-state index in [2.05, 4.69) is 45.9 Å². The summed E-state index contributed by atoms with van der Waals surface area (Å²) in [5.41, 5.74) is 0. The van der Waals surface area contributed by atoms with E-state index in [4.69, 9.17) is 0 Å². The van der Waals surface area contributed by atoms with Crippen LogP contribution in [0.4, 0.5) is 0 Å². The first kappa shape index (κ1) is 12.9. The second-order valence-electron chi connectivity index (χ2n) is 4.18. The van der Waals surface area contributed by atoms with Crippen LogP contribution in [0.2, 0.25) is 0 Å². The van der Waals surface area contributed by atoms with Crippen molar-refractivity contribution in [2.75, 3.05) is 0 Å². The van der Waals surface area contributed by atoms with E-state index in [9.17, 15) is 0 Å². The lowest BCUT2D eigenvalue weighted by atomic mass is 9.98. The first-order valence-electron chi connectivity index (χ1n) is 4.92. The molecule has 3 unspecified atom stereocenters. The minimum Gasteiger partial charge on any atom is -0.123 e. The standard InChI is InChI=1S/C10H22BrP/c1-8(2)5-4-6-9(3)7-10(11)12/h8-10H,4-7,12H2,1-3H3. The quantitative estimate of drug-likeness (QED) is 0.485. The number of halogens is 1. The van der Waals surface area contributed by atoms with Gasteiger partial charge >= 0.3 is 0 Å². The average molecular weight is 253 g/mol. The molecule has 0 fully saturated rings. The van der Waals surface area contributed by atoms with Crippen LogP contribution >= 0.6 is 25.2 Å². The Labute approximate surface area is 88.2 Å². The van der Waals surface area contributed by atoms with E-state index in [1.807, 2.05) is 0 Å². The highest BCUT2D eigenvalue weighted by Gasteiger charge is 2.05. The summed E-state index contributed by atoms with van der Waals surface area (Å²) >= 11 is 3.56. The average Bonchev–Trinajstić information content (AvgIpc) is 1.84. The first-order valence-corrected chi connectivity index (χ1v) is 6.50. The smallest absolute Gasteiger partial charge is 0.0291 e. The Kier molecular flexibility index (Phi) is 7.88. The molecule has 0 radical (unpaired) electrons. The lowest BCUT2D eigenvalue weighted by Gasteiger charge is -2.13. The van der Waals surface area contributed by atoms with Gasteiger partial charge in [0.2, 0.25) is 0 Å². The third kappa shape index (κ3) is 9.00. The lowest BCUT2D eigenvalue weighted by molar-refractivity contribution is 0.448. The monoisotopic (exact) mass is 252 g/mol. The third-order valence-corrected chi connectivity index (χ3v) is 2.75. The van der Waals surface area contributed by atoms with Gasteiger partial charge in [-0.1, -0.05) is 56.0 Å². The van der Waals surface area contributed by atoms with E-state index in [0.717, 1.165) is 11.8 Å². The second-order valence-corrected chi connectivity index (χ2v) is 7.14. The summed E-state index contributed by atoms with van der Waals surface area (Å²) in [6.07, 6.45) is 5.44. The summed E-state index contributed by atoms with van der Waals surface area (Å²) in [5, 5.41) is 0. The molecule has 0 aliphatic heterocycles. The van der Waals surface area contributed by atoms with Crippen LogP contribution in [-0.2, 0) is 0 Å². The zero-order valence-electron chi connectivity index (χ0n) is 8.52. The molecule has 74 valence electrons. The summed E-state index contributed by atoms with van der Waals surface area (Å²) < 4.78 is 0.603. The Balaban J connectivity index is 3.25. The molecule has 12 heavy (non-hydrogen) atoms. The summed E-state index contributed by atoms with van der Waals surface area (Å²) in [6.45, 7) is 6.94. The zero-order chi connectivity index (χ0) is 9.56. The van der Waals surface area contributed by atoms with Gasteiger partial charge in [-0.15, -0.1) is 9.24 Å². The van der Waals surface area contributed by atoms with Crippen molar-refractivity contribution in [3.05, 3.63) is 0 Å². The fourth-order valence-electron chi connectivity index (χ4n) is 1.38. The van der Waals surface area contributed by atoms with Gasteiger partial charge in [0, 0.05) is 4.57 Å².